The summed E-state index contributed by atoms with van der Waals surface area (Å²) in [6.45, 7) is 5.15. The molecule has 0 radical (unpaired) electrons. The van der Waals surface area contributed by atoms with Crippen LogP contribution in [0.2, 0.25) is 0 Å². The molecule has 6 heteroatoms. The van der Waals surface area contributed by atoms with Gasteiger partial charge in [-0.15, -0.1) is 0 Å². The van der Waals surface area contributed by atoms with Crippen molar-refractivity contribution in [3.05, 3.63) is 0 Å². The monoisotopic (exact) mass is 283 g/mol. The van der Waals surface area contributed by atoms with E-state index in [2.05, 4.69) is 0 Å². The first kappa shape index (κ1) is 15.3. The molecule has 2 saturated heterocycles. The van der Waals surface area contributed by atoms with E-state index in [0.717, 1.165) is 25.9 Å². The molecule has 20 heavy (non-hydrogen) atoms. The Morgan fingerprint density at radius 3 is 2.40 bits per heavy atom. The highest BCUT2D eigenvalue weighted by molar-refractivity contribution is 5.82. The summed E-state index contributed by atoms with van der Waals surface area (Å²) in [5.74, 6) is -0.291. The third-order valence-electron chi connectivity index (χ3n) is 4.24. The van der Waals surface area contributed by atoms with Crippen molar-refractivity contribution in [3.63, 3.8) is 0 Å². The number of nitrogens with two attached hydrogens (primary N) is 1. The summed E-state index contributed by atoms with van der Waals surface area (Å²) in [5.41, 5.74) is 5.28. The summed E-state index contributed by atoms with van der Waals surface area (Å²) in [5, 5.41) is 0. The summed E-state index contributed by atoms with van der Waals surface area (Å²) in [7, 11) is 0. The number of amides is 2. The minimum atomic E-state index is -0.594. The normalized spacial score (nSPS) is 26.9. The maximum absolute atomic E-state index is 12.6. The lowest BCUT2D eigenvalue weighted by Crippen LogP contribution is -2.55. The van der Waals surface area contributed by atoms with Crippen LogP contribution in [-0.4, -0.2) is 66.5 Å². The molecule has 2 fully saturated rings. The molecule has 2 aliphatic heterocycles. The molecular weight excluding hydrogens is 258 g/mol. The van der Waals surface area contributed by atoms with Crippen LogP contribution in [0, 0.1) is 0 Å². The summed E-state index contributed by atoms with van der Waals surface area (Å²) in [4.78, 5) is 27.7. The molecule has 0 spiro atoms. The Hall–Kier alpha value is -1.14. The molecule has 0 aromatic heterocycles. The van der Waals surface area contributed by atoms with Gasteiger partial charge in [-0.3, -0.25) is 14.5 Å². The molecule has 2 heterocycles. The molecule has 0 bridgehead atoms. The molecule has 6 nitrogen and oxygen atoms in total. The van der Waals surface area contributed by atoms with E-state index in [-0.39, 0.29) is 11.9 Å². The number of rotatable bonds is 3. The molecular formula is C14H25N3O3. The number of hydrogen-bond acceptors (Lipinski definition) is 4. The van der Waals surface area contributed by atoms with Gasteiger partial charge in [-0.2, -0.15) is 0 Å². The minimum Gasteiger partial charge on any atom is -0.367 e. The van der Waals surface area contributed by atoms with Crippen LogP contribution in [0.5, 0.6) is 0 Å². The molecule has 114 valence electrons. The van der Waals surface area contributed by atoms with E-state index in [1.807, 2.05) is 16.7 Å². The molecule has 0 aliphatic carbocycles. The van der Waals surface area contributed by atoms with Crippen molar-refractivity contribution in [2.75, 3.05) is 32.8 Å². The summed E-state index contributed by atoms with van der Waals surface area (Å²) in [6.07, 6.45) is 4.00. The predicted octanol–water partition coefficient (Wildman–Crippen LogP) is -0.0364. The van der Waals surface area contributed by atoms with Gasteiger partial charge in [0.1, 0.15) is 6.10 Å². The Morgan fingerprint density at radius 1 is 1.15 bits per heavy atom. The van der Waals surface area contributed by atoms with Crippen molar-refractivity contribution in [1.82, 2.24) is 9.80 Å². The van der Waals surface area contributed by atoms with Gasteiger partial charge in [-0.1, -0.05) is 12.8 Å². The van der Waals surface area contributed by atoms with E-state index in [4.69, 9.17) is 10.5 Å². The largest absolute Gasteiger partial charge is 0.367 e. The first-order valence-electron chi connectivity index (χ1n) is 7.53. The highest BCUT2D eigenvalue weighted by atomic mass is 16.5. The van der Waals surface area contributed by atoms with Gasteiger partial charge >= 0.3 is 0 Å². The van der Waals surface area contributed by atoms with Crippen molar-refractivity contribution in [3.8, 4) is 0 Å². The molecule has 0 aromatic rings. The fraction of sp³-hybridized carbons (Fsp3) is 0.857. The number of likely N-dealkylation sites (tertiary alicyclic amines) is 1. The first-order valence-corrected chi connectivity index (χ1v) is 7.53. The maximum atomic E-state index is 12.6. The lowest BCUT2D eigenvalue weighted by atomic mass is 10.1. The van der Waals surface area contributed by atoms with Gasteiger partial charge < -0.3 is 15.4 Å². The predicted molar refractivity (Wildman–Crippen MR) is 75.0 cm³/mol. The molecule has 0 aromatic carbocycles. The second-order valence-electron chi connectivity index (χ2n) is 5.67. The van der Waals surface area contributed by atoms with Crippen LogP contribution in [0.1, 0.15) is 32.6 Å². The van der Waals surface area contributed by atoms with Crippen molar-refractivity contribution < 1.29 is 14.3 Å². The number of hydrogen-bond donors (Lipinski definition) is 1. The van der Waals surface area contributed by atoms with Crippen LogP contribution in [0.4, 0.5) is 0 Å². The average molecular weight is 283 g/mol. The van der Waals surface area contributed by atoms with Crippen molar-refractivity contribution >= 4 is 11.8 Å². The zero-order chi connectivity index (χ0) is 14.5. The Morgan fingerprint density at radius 2 is 1.80 bits per heavy atom. The molecule has 2 N–H and O–H groups in total. The zero-order valence-electron chi connectivity index (χ0n) is 12.2. The van der Waals surface area contributed by atoms with Gasteiger partial charge in [-0.05, 0) is 19.8 Å². The molecule has 2 atom stereocenters. The van der Waals surface area contributed by atoms with E-state index in [9.17, 15) is 9.59 Å². The van der Waals surface area contributed by atoms with E-state index in [1.165, 1.54) is 12.8 Å². The van der Waals surface area contributed by atoms with Gasteiger partial charge in [0.05, 0.1) is 12.6 Å². The Labute approximate surface area is 120 Å². The Bertz CT molecular complexity index is 354. The van der Waals surface area contributed by atoms with Gasteiger partial charge in [-0.25, -0.2) is 0 Å². The molecule has 2 rings (SSSR count). The van der Waals surface area contributed by atoms with E-state index in [0.29, 0.717) is 19.7 Å². The third kappa shape index (κ3) is 3.70. The lowest BCUT2D eigenvalue weighted by Gasteiger charge is -2.36. The topological polar surface area (TPSA) is 75.9 Å². The Balaban J connectivity index is 1.93. The lowest BCUT2D eigenvalue weighted by molar-refractivity contribution is -0.145. The van der Waals surface area contributed by atoms with Crippen LogP contribution in [0.3, 0.4) is 0 Å². The minimum absolute atomic E-state index is 0.164. The van der Waals surface area contributed by atoms with Crippen molar-refractivity contribution in [1.29, 1.82) is 0 Å². The van der Waals surface area contributed by atoms with Crippen LogP contribution in [0.25, 0.3) is 0 Å². The van der Waals surface area contributed by atoms with Gasteiger partial charge in [0, 0.05) is 26.2 Å². The average Bonchev–Trinajstić information content (AvgIpc) is 2.75. The number of nitrogens with zero attached hydrogens (tertiary/aromatic N) is 2. The van der Waals surface area contributed by atoms with Gasteiger partial charge in [0.15, 0.2) is 0 Å². The molecule has 2 unspecified atom stereocenters. The smallest absolute Gasteiger partial charge is 0.247 e. The second-order valence-corrected chi connectivity index (χ2v) is 5.67. The van der Waals surface area contributed by atoms with E-state index in [1.54, 1.807) is 0 Å². The van der Waals surface area contributed by atoms with Crippen LogP contribution < -0.4 is 5.73 Å². The Kier molecular flexibility index (Phi) is 5.37. The second kappa shape index (κ2) is 7.04. The highest BCUT2D eigenvalue weighted by Gasteiger charge is 2.32. The number of carbonyl (C=O) groups is 2. The van der Waals surface area contributed by atoms with Crippen LogP contribution >= 0.6 is 0 Å². The molecule has 0 saturated carbocycles. The van der Waals surface area contributed by atoms with Gasteiger partial charge in [0.2, 0.25) is 11.8 Å². The van der Waals surface area contributed by atoms with E-state index >= 15 is 0 Å². The van der Waals surface area contributed by atoms with Crippen molar-refractivity contribution in [2.24, 2.45) is 5.73 Å². The summed E-state index contributed by atoms with van der Waals surface area (Å²) in [6, 6.07) is -0.209. The molecule has 2 amide bonds. The SMILES string of the molecule is CC(C(=O)N1CCCCCC1)N1CCOC(C(N)=O)C1. The number of ether oxygens (including phenoxy) is 1. The van der Waals surface area contributed by atoms with Crippen LogP contribution in [0.15, 0.2) is 0 Å². The maximum Gasteiger partial charge on any atom is 0.247 e. The summed E-state index contributed by atoms with van der Waals surface area (Å²) < 4.78 is 5.32. The zero-order valence-corrected chi connectivity index (χ0v) is 12.2. The summed E-state index contributed by atoms with van der Waals surface area (Å²) >= 11 is 0. The number of primary amides is 1. The third-order valence-corrected chi connectivity index (χ3v) is 4.24. The van der Waals surface area contributed by atoms with Gasteiger partial charge in [0.25, 0.3) is 0 Å². The number of morpholine rings is 1. The quantitative estimate of drug-likeness (QED) is 0.789. The fourth-order valence-electron chi connectivity index (χ4n) is 2.90. The number of carbonyl (C=O) groups excluding carboxylic acids is 2. The standard InChI is InChI=1S/C14H25N3O3/c1-11(14(19)16-6-4-2-3-5-7-16)17-8-9-20-12(10-17)13(15)18/h11-12H,2-10H2,1H3,(H2,15,18). The molecule has 2 aliphatic rings. The first-order chi connectivity index (χ1) is 9.59. The highest BCUT2D eigenvalue weighted by Crippen LogP contribution is 2.15. The van der Waals surface area contributed by atoms with E-state index < -0.39 is 12.0 Å². The van der Waals surface area contributed by atoms with Crippen molar-refractivity contribution in [2.45, 2.75) is 44.8 Å². The van der Waals surface area contributed by atoms with Crippen LogP contribution in [-0.2, 0) is 14.3 Å². The fourth-order valence-corrected chi connectivity index (χ4v) is 2.90.